The fourth-order valence-corrected chi connectivity index (χ4v) is 2.25. The number of hydrogen-bond donors (Lipinski definition) is 1. The van der Waals surface area contributed by atoms with Gasteiger partial charge in [0, 0.05) is 17.1 Å². The number of carbonyl (C=O) groups is 1. The zero-order valence-corrected chi connectivity index (χ0v) is 9.36. The molecule has 3 heteroatoms. The predicted octanol–water partition coefficient (Wildman–Crippen LogP) is 3.06. The van der Waals surface area contributed by atoms with Gasteiger partial charge in [-0.25, -0.2) is 4.79 Å². The Hall–Kier alpha value is -2.29. The molecule has 84 valence electrons. The first kappa shape index (κ1) is 9.90. The molecule has 2 aliphatic rings. The number of carbonyl (C=O) groups excluding carboxylic acids is 1. The zero-order valence-electron chi connectivity index (χ0n) is 9.36. The normalized spacial score (nSPS) is 10.9. The molecule has 1 N–H and O–H groups in total. The second-order valence-corrected chi connectivity index (χ2v) is 3.87. The van der Waals surface area contributed by atoms with Crippen LogP contribution in [0.25, 0.3) is 22.0 Å². The molecule has 17 heavy (non-hydrogen) atoms. The van der Waals surface area contributed by atoms with Gasteiger partial charge >= 0.3 is 5.97 Å². The van der Waals surface area contributed by atoms with Crippen molar-refractivity contribution in [2.24, 2.45) is 0 Å². The molecule has 1 aromatic heterocycles. The van der Waals surface area contributed by atoms with Crippen LogP contribution >= 0.6 is 0 Å². The van der Waals surface area contributed by atoms with E-state index in [0.717, 1.165) is 22.0 Å². The Morgan fingerprint density at radius 2 is 1.88 bits per heavy atom. The molecular formula is C14H11NO2. The minimum absolute atomic E-state index is 0.296. The number of esters is 1. The summed E-state index contributed by atoms with van der Waals surface area (Å²) in [5, 5.41) is 0.915. The van der Waals surface area contributed by atoms with Crippen molar-refractivity contribution in [3.8, 4) is 11.1 Å². The highest BCUT2D eigenvalue weighted by Gasteiger charge is 2.22. The maximum atomic E-state index is 11.9. The van der Waals surface area contributed by atoms with E-state index in [9.17, 15) is 4.79 Å². The first-order chi connectivity index (χ1) is 8.33. The van der Waals surface area contributed by atoms with Gasteiger partial charge in [0.25, 0.3) is 0 Å². The van der Waals surface area contributed by atoms with E-state index in [0.29, 0.717) is 5.56 Å². The van der Waals surface area contributed by atoms with Crippen LogP contribution in [0.5, 0.6) is 0 Å². The summed E-state index contributed by atoms with van der Waals surface area (Å²) in [6, 6.07) is 11.7. The quantitative estimate of drug-likeness (QED) is 0.647. The lowest BCUT2D eigenvalue weighted by molar-refractivity contribution is 0.0604. The van der Waals surface area contributed by atoms with Crippen LogP contribution in [0.4, 0.5) is 0 Å². The molecule has 3 rings (SSSR count). The number of H-pyrrole nitrogens is 1. The van der Waals surface area contributed by atoms with Crippen molar-refractivity contribution in [3.63, 3.8) is 0 Å². The lowest BCUT2D eigenvalue weighted by atomic mass is 10.1. The van der Waals surface area contributed by atoms with Crippen LogP contribution in [0.15, 0.2) is 42.6 Å². The largest absolute Gasteiger partial charge is 0.465 e. The molecule has 0 amide bonds. The van der Waals surface area contributed by atoms with Crippen LogP contribution in [-0.2, 0) is 4.74 Å². The van der Waals surface area contributed by atoms with Crippen LogP contribution in [0.1, 0.15) is 10.4 Å². The summed E-state index contributed by atoms with van der Waals surface area (Å²) in [6.07, 6.45) is 1.84. The zero-order chi connectivity index (χ0) is 11.8. The molecule has 0 radical (unpaired) electrons. The van der Waals surface area contributed by atoms with Crippen LogP contribution < -0.4 is 0 Å². The number of methoxy groups -OCH3 is 1. The first-order valence-electron chi connectivity index (χ1n) is 5.39. The molecule has 0 saturated heterocycles. The van der Waals surface area contributed by atoms with E-state index in [1.165, 1.54) is 7.11 Å². The molecule has 1 aromatic rings. The smallest absolute Gasteiger partial charge is 0.339 e. The molecule has 0 unspecified atom stereocenters. The van der Waals surface area contributed by atoms with Gasteiger partial charge in [0.1, 0.15) is 0 Å². The summed E-state index contributed by atoms with van der Waals surface area (Å²) < 4.78 is 4.86. The number of aromatic nitrogens is 1. The van der Waals surface area contributed by atoms with Gasteiger partial charge in [0.2, 0.25) is 0 Å². The van der Waals surface area contributed by atoms with Crippen molar-refractivity contribution in [3.05, 3.63) is 48.2 Å². The highest BCUT2D eigenvalue weighted by Crippen LogP contribution is 2.37. The second-order valence-electron chi connectivity index (χ2n) is 3.87. The fourth-order valence-electron chi connectivity index (χ4n) is 2.25. The SMILES string of the molecule is COC(=O)c1c2cccccc-2c2[nH]ccc12. The highest BCUT2D eigenvalue weighted by molar-refractivity contribution is 6.16. The minimum atomic E-state index is -0.296. The topological polar surface area (TPSA) is 42.1 Å². The lowest BCUT2D eigenvalue weighted by Gasteiger charge is -1.99. The Morgan fingerprint density at radius 3 is 2.65 bits per heavy atom. The summed E-state index contributed by atoms with van der Waals surface area (Å²) in [4.78, 5) is 15.0. The van der Waals surface area contributed by atoms with E-state index in [4.69, 9.17) is 4.74 Å². The molecule has 0 bridgehead atoms. The van der Waals surface area contributed by atoms with Crippen LogP contribution in [0, 0.1) is 0 Å². The number of hydrogen-bond acceptors (Lipinski definition) is 2. The van der Waals surface area contributed by atoms with E-state index in [1.54, 1.807) is 0 Å². The summed E-state index contributed by atoms with van der Waals surface area (Å²) in [7, 11) is 1.41. The van der Waals surface area contributed by atoms with Crippen LogP contribution in [0.3, 0.4) is 0 Å². The number of ether oxygens (including phenoxy) is 1. The third kappa shape index (κ3) is 1.32. The molecule has 0 saturated carbocycles. The van der Waals surface area contributed by atoms with Gasteiger partial charge in [-0.15, -0.1) is 0 Å². The average molecular weight is 225 g/mol. The van der Waals surface area contributed by atoms with E-state index in [2.05, 4.69) is 4.98 Å². The van der Waals surface area contributed by atoms with E-state index in [1.807, 2.05) is 42.6 Å². The van der Waals surface area contributed by atoms with Gasteiger partial charge in [-0.05, 0) is 11.6 Å². The summed E-state index contributed by atoms with van der Waals surface area (Å²) in [6.45, 7) is 0. The summed E-state index contributed by atoms with van der Waals surface area (Å²) in [5.74, 6) is -0.296. The molecule has 0 fully saturated rings. The number of aromatic amines is 1. The molecule has 0 aromatic carbocycles. The maximum Gasteiger partial charge on any atom is 0.339 e. The van der Waals surface area contributed by atoms with Crippen molar-refractivity contribution < 1.29 is 9.53 Å². The standard InChI is InChI=1S/C14H11NO2/c1-17-14(16)12-9-5-3-2-4-6-10(9)13-11(12)7-8-15-13/h2-8,15H,1H3. The van der Waals surface area contributed by atoms with E-state index >= 15 is 0 Å². The fraction of sp³-hybridized carbons (Fsp3) is 0.0714. The molecule has 0 atom stereocenters. The van der Waals surface area contributed by atoms with Crippen LogP contribution in [-0.4, -0.2) is 18.1 Å². The van der Waals surface area contributed by atoms with Gasteiger partial charge < -0.3 is 9.72 Å². The van der Waals surface area contributed by atoms with Crippen molar-refractivity contribution in [1.82, 2.24) is 4.98 Å². The average Bonchev–Trinajstić information content (AvgIpc) is 2.82. The monoisotopic (exact) mass is 225 g/mol. The molecule has 0 aliphatic heterocycles. The van der Waals surface area contributed by atoms with E-state index in [-0.39, 0.29) is 5.97 Å². The van der Waals surface area contributed by atoms with Gasteiger partial charge in [0.05, 0.1) is 18.2 Å². The Kier molecular flexibility index (Phi) is 2.11. The number of rotatable bonds is 1. The van der Waals surface area contributed by atoms with Crippen LogP contribution in [0.2, 0.25) is 0 Å². The van der Waals surface area contributed by atoms with Gasteiger partial charge in [-0.1, -0.05) is 30.3 Å². The molecule has 1 heterocycles. The van der Waals surface area contributed by atoms with Crippen molar-refractivity contribution in [2.45, 2.75) is 0 Å². The Bertz CT molecular complexity index is 669. The van der Waals surface area contributed by atoms with Gasteiger partial charge in [-0.2, -0.15) is 0 Å². The second kappa shape index (κ2) is 3.63. The Morgan fingerprint density at radius 1 is 1.12 bits per heavy atom. The molecular weight excluding hydrogens is 214 g/mol. The third-order valence-electron chi connectivity index (χ3n) is 2.98. The van der Waals surface area contributed by atoms with Gasteiger partial charge in [-0.3, -0.25) is 0 Å². The number of fused-ring (bicyclic) bond motifs is 3. The number of nitrogens with one attached hydrogen (secondary N) is 1. The maximum absolute atomic E-state index is 11.9. The van der Waals surface area contributed by atoms with Crippen molar-refractivity contribution in [1.29, 1.82) is 0 Å². The van der Waals surface area contributed by atoms with Crippen molar-refractivity contribution >= 4 is 16.9 Å². The Balaban J connectivity index is 2.46. The van der Waals surface area contributed by atoms with Gasteiger partial charge in [0.15, 0.2) is 0 Å². The minimum Gasteiger partial charge on any atom is -0.465 e. The van der Waals surface area contributed by atoms with Crippen molar-refractivity contribution in [2.75, 3.05) is 7.11 Å². The summed E-state index contributed by atoms with van der Waals surface area (Å²) in [5.41, 5.74) is 3.57. The first-order valence-corrected chi connectivity index (χ1v) is 5.39. The molecule has 2 aliphatic carbocycles. The molecule has 0 spiro atoms. The highest BCUT2D eigenvalue weighted by atomic mass is 16.5. The lowest BCUT2D eigenvalue weighted by Crippen LogP contribution is -2.00. The summed E-state index contributed by atoms with van der Waals surface area (Å²) >= 11 is 0. The Labute approximate surface area is 98.4 Å². The van der Waals surface area contributed by atoms with E-state index < -0.39 is 0 Å². The third-order valence-corrected chi connectivity index (χ3v) is 2.98. The molecule has 3 nitrogen and oxygen atoms in total. The predicted molar refractivity (Wildman–Crippen MR) is 66.3 cm³/mol.